The summed E-state index contributed by atoms with van der Waals surface area (Å²) in [5, 5.41) is 4.55. The van der Waals surface area contributed by atoms with Crippen LogP contribution >= 0.6 is 11.3 Å². The fraction of sp³-hybridized carbons (Fsp3) is 0.438. The lowest BCUT2D eigenvalue weighted by atomic mass is 10.1. The Kier molecular flexibility index (Phi) is 4.03. The molecule has 0 atom stereocenters. The molecule has 1 aromatic heterocycles. The standard InChI is InChI=1S/C16H20N2OS/c1-11-4-3-5-15(12(11)2)19-10-16-18-9-14(20-16)8-17-13-6-7-13/h3-5,9,13,17H,6-8,10H2,1-2H3. The summed E-state index contributed by atoms with van der Waals surface area (Å²) in [4.78, 5) is 5.72. The van der Waals surface area contributed by atoms with Gasteiger partial charge in [0.05, 0.1) is 0 Å². The molecule has 4 heteroatoms. The third-order valence-corrected chi connectivity index (χ3v) is 4.62. The highest BCUT2D eigenvalue weighted by Gasteiger charge is 2.20. The topological polar surface area (TPSA) is 34.1 Å². The van der Waals surface area contributed by atoms with E-state index in [0.29, 0.717) is 6.61 Å². The average Bonchev–Trinajstić information content (AvgIpc) is 3.17. The largest absolute Gasteiger partial charge is 0.486 e. The van der Waals surface area contributed by atoms with E-state index < -0.39 is 0 Å². The van der Waals surface area contributed by atoms with Crippen molar-refractivity contribution in [3.63, 3.8) is 0 Å². The second kappa shape index (κ2) is 5.94. The summed E-state index contributed by atoms with van der Waals surface area (Å²) in [6.45, 7) is 5.69. The molecule has 20 heavy (non-hydrogen) atoms. The zero-order valence-corrected chi connectivity index (χ0v) is 12.8. The van der Waals surface area contributed by atoms with E-state index in [4.69, 9.17) is 4.74 Å². The van der Waals surface area contributed by atoms with Crippen molar-refractivity contribution >= 4 is 11.3 Å². The summed E-state index contributed by atoms with van der Waals surface area (Å²) < 4.78 is 5.88. The first-order valence-electron chi connectivity index (χ1n) is 7.08. The minimum atomic E-state index is 0.554. The van der Waals surface area contributed by atoms with Crippen molar-refractivity contribution in [2.45, 2.75) is 45.9 Å². The number of hydrogen-bond acceptors (Lipinski definition) is 4. The van der Waals surface area contributed by atoms with Gasteiger partial charge in [0.2, 0.25) is 0 Å². The maximum Gasteiger partial charge on any atom is 0.140 e. The molecule has 0 spiro atoms. The van der Waals surface area contributed by atoms with E-state index in [1.165, 1.54) is 28.8 Å². The number of hydrogen-bond donors (Lipinski definition) is 1. The summed E-state index contributed by atoms with van der Waals surface area (Å²) in [5.41, 5.74) is 2.47. The fourth-order valence-electron chi connectivity index (χ4n) is 2.05. The molecule has 1 N–H and O–H groups in total. The van der Waals surface area contributed by atoms with Gasteiger partial charge in [-0.15, -0.1) is 11.3 Å². The van der Waals surface area contributed by atoms with Crippen LogP contribution in [0, 0.1) is 13.8 Å². The van der Waals surface area contributed by atoms with Crippen molar-refractivity contribution in [3.8, 4) is 5.75 Å². The van der Waals surface area contributed by atoms with Crippen molar-refractivity contribution in [1.82, 2.24) is 10.3 Å². The second-order valence-electron chi connectivity index (χ2n) is 5.36. The van der Waals surface area contributed by atoms with Gasteiger partial charge in [-0.25, -0.2) is 4.98 Å². The summed E-state index contributed by atoms with van der Waals surface area (Å²) >= 11 is 1.73. The van der Waals surface area contributed by atoms with E-state index in [-0.39, 0.29) is 0 Å². The van der Waals surface area contributed by atoms with Crippen molar-refractivity contribution in [3.05, 3.63) is 45.4 Å². The van der Waals surface area contributed by atoms with E-state index in [1.807, 2.05) is 18.3 Å². The van der Waals surface area contributed by atoms with Crippen LogP contribution in [0.3, 0.4) is 0 Å². The summed E-state index contributed by atoms with van der Waals surface area (Å²) in [7, 11) is 0. The smallest absolute Gasteiger partial charge is 0.140 e. The monoisotopic (exact) mass is 288 g/mol. The minimum absolute atomic E-state index is 0.554. The van der Waals surface area contributed by atoms with Gasteiger partial charge in [0.25, 0.3) is 0 Å². The predicted molar refractivity (Wildman–Crippen MR) is 82.2 cm³/mol. The SMILES string of the molecule is Cc1cccc(OCc2ncc(CNC3CC3)s2)c1C. The summed E-state index contributed by atoms with van der Waals surface area (Å²) in [6, 6.07) is 6.90. The third-order valence-electron chi connectivity index (χ3n) is 3.65. The molecular weight excluding hydrogens is 268 g/mol. The molecule has 0 aliphatic heterocycles. The van der Waals surface area contributed by atoms with Crippen LogP contribution in [0.15, 0.2) is 24.4 Å². The van der Waals surface area contributed by atoms with Gasteiger partial charge >= 0.3 is 0 Å². The van der Waals surface area contributed by atoms with Crippen molar-refractivity contribution in [1.29, 1.82) is 0 Å². The van der Waals surface area contributed by atoms with E-state index in [2.05, 4.69) is 30.2 Å². The van der Waals surface area contributed by atoms with Crippen LogP contribution in [0.5, 0.6) is 5.75 Å². The Morgan fingerprint density at radius 1 is 1.35 bits per heavy atom. The van der Waals surface area contributed by atoms with Gasteiger partial charge in [0.1, 0.15) is 17.4 Å². The number of ether oxygens (including phenoxy) is 1. The molecule has 1 saturated carbocycles. The molecule has 0 saturated heterocycles. The number of aryl methyl sites for hydroxylation is 1. The molecule has 1 heterocycles. The van der Waals surface area contributed by atoms with Crippen LogP contribution < -0.4 is 10.1 Å². The van der Waals surface area contributed by atoms with Gasteiger partial charge in [0.15, 0.2) is 0 Å². The van der Waals surface area contributed by atoms with Crippen LogP contribution in [0.4, 0.5) is 0 Å². The Morgan fingerprint density at radius 3 is 3.00 bits per heavy atom. The van der Waals surface area contributed by atoms with Crippen LogP contribution in [0.1, 0.15) is 33.9 Å². The number of nitrogens with zero attached hydrogens (tertiary/aromatic N) is 1. The molecule has 1 aromatic carbocycles. The molecule has 1 fully saturated rings. The van der Waals surface area contributed by atoms with Crippen molar-refractivity contribution in [2.75, 3.05) is 0 Å². The lowest BCUT2D eigenvalue weighted by Gasteiger charge is -2.09. The van der Waals surface area contributed by atoms with Gasteiger partial charge in [-0.1, -0.05) is 12.1 Å². The van der Waals surface area contributed by atoms with Crippen molar-refractivity contribution < 1.29 is 4.74 Å². The molecule has 1 aliphatic carbocycles. The van der Waals surface area contributed by atoms with E-state index in [0.717, 1.165) is 23.3 Å². The minimum Gasteiger partial charge on any atom is -0.486 e. The Bertz CT molecular complexity index is 590. The Labute approximate surface area is 124 Å². The molecule has 1 aliphatic rings. The highest BCUT2D eigenvalue weighted by molar-refractivity contribution is 7.11. The normalized spacial score (nSPS) is 14.5. The highest BCUT2D eigenvalue weighted by atomic mass is 32.1. The van der Waals surface area contributed by atoms with Gasteiger partial charge in [0, 0.05) is 23.7 Å². The molecule has 3 rings (SSSR count). The number of thiazole rings is 1. The Morgan fingerprint density at radius 2 is 2.20 bits per heavy atom. The zero-order chi connectivity index (χ0) is 13.9. The lowest BCUT2D eigenvalue weighted by Crippen LogP contribution is -2.14. The molecule has 106 valence electrons. The first-order chi connectivity index (χ1) is 9.72. The molecule has 3 nitrogen and oxygen atoms in total. The number of benzene rings is 1. The van der Waals surface area contributed by atoms with Crippen LogP contribution in [-0.2, 0) is 13.2 Å². The molecule has 2 aromatic rings. The molecule has 0 unspecified atom stereocenters. The number of nitrogens with one attached hydrogen (secondary N) is 1. The van der Waals surface area contributed by atoms with Crippen LogP contribution in [0.25, 0.3) is 0 Å². The number of aromatic nitrogens is 1. The zero-order valence-electron chi connectivity index (χ0n) is 12.0. The second-order valence-corrected chi connectivity index (χ2v) is 6.56. The van der Waals surface area contributed by atoms with E-state index in [9.17, 15) is 0 Å². The van der Waals surface area contributed by atoms with Gasteiger partial charge in [-0.2, -0.15) is 0 Å². The quantitative estimate of drug-likeness (QED) is 0.882. The fourth-order valence-corrected chi connectivity index (χ4v) is 2.84. The average molecular weight is 288 g/mol. The summed E-state index contributed by atoms with van der Waals surface area (Å²) in [6.07, 6.45) is 4.60. The van der Waals surface area contributed by atoms with Gasteiger partial charge in [-0.05, 0) is 43.9 Å². The predicted octanol–water partition coefficient (Wildman–Crippen LogP) is 3.59. The molecular formula is C16H20N2OS. The van der Waals surface area contributed by atoms with Crippen LogP contribution in [-0.4, -0.2) is 11.0 Å². The first kappa shape index (κ1) is 13.6. The van der Waals surface area contributed by atoms with Crippen molar-refractivity contribution in [2.24, 2.45) is 0 Å². The van der Waals surface area contributed by atoms with E-state index >= 15 is 0 Å². The number of rotatable bonds is 6. The Balaban J connectivity index is 1.56. The third kappa shape index (κ3) is 3.38. The molecule has 0 bridgehead atoms. The van der Waals surface area contributed by atoms with E-state index in [1.54, 1.807) is 11.3 Å². The maximum atomic E-state index is 5.88. The molecule has 0 radical (unpaired) electrons. The summed E-state index contributed by atoms with van der Waals surface area (Å²) in [5.74, 6) is 0.956. The van der Waals surface area contributed by atoms with Gasteiger partial charge < -0.3 is 10.1 Å². The maximum absolute atomic E-state index is 5.88. The van der Waals surface area contributed by atoms with Crippen LogP contribution in [0.2, 0.25) is 0 Å². The Hall–Kier alpha value is -1.39. The van der Waals surface area contributed by atoms with Gasteiger partial charge in [-0.3, -0.25) is 0 Å². The first-order valence-corrected chi connectivity index (χ1v) is 7.90. The highest BCUT2D eigenvalue weighted by Crippen LogP contribution is 2.23. The lowest BCUT2D eigenvalue weighted by molar-refractivity contribution is 0.303. The molecule has 0 amide bonds.